The van der Waals surface area contributed by atoms with Gasteiger partial charge in [-0.05, 0) is 45.2 Å². The number of nitrogens with one attached hydrogen (secondary N) is 2. The van der Waals surface area contributed by atoms with Crippen LogP contribution in [-0.4, -0.2) is 74.3 Å². The van der Waals surface area contributed by atoms with Crippen LogP contribution in [0.5, 0.6) is 5.75 Å². The zero-order chi connectivity index (χ0) is 28.5. The number of nitrogens with zero attached hydrogens (tertiary/aromatic N) is 4. The summed E-state index contributed by atoms with van der Waals surface area (Å²) in [5.74, 6) is 0.0406. The van der Waals surface area contributed by atoms with E-state index in [9.17, 15) is 14.5 Å². The van der Waals surface area contributed by atoms with Gasteiger partial charge >= 0.3 is 13.7 Å². The van der Waals surface area contributed by atoms with E-state index in [4.69, 9.17) is 13.8 Å². The quantitative estimate of drug-likeness (QED) is 0.226. The standard InChI is InChI=1S/C25H32FN6O7P/c1-15(23(34)36-3)31-40(35,39-17-10-5-4-6-11-17)37-12-18-20(33)25(2,26)24(38-18)32-14-29-19-21(27-13-28-22(19)32)30-16-8-7-9-16/h4-6,10-11,13-16,18,20,24,33H,7-9,12H2,1-3H3,(H,31,35)(H,27,28,30)/t15?,18-,20-,24-,25-,40?/m1/s1. The van der Waals surface area contributed by atoms with E-state index in [1.54, 1.807) is 30.3 Å². The molecule has 2 fully saturated rings. The lowest BCUT2D eigenvalue weighted by Gasteiger charge is -2.27. The molecular weight excluding hydrogens is 546 g/mol. The van der Waals surface area contributed by atoms with Gasteiger partial charge in [0.1, 0.15) is 30.3 Å². The monoisotopic (exact) mass is 578 g/mol. The van der Waals surface area contributed by atoms with Gasteiger partial charge in [-0.1, -0.05) is 18.2 Å². The predicted octanol–water partition coefficient (Wildman–Crippen LogP) is 3.13. The molecule has 0 amide bonds. The van der Waals surface area contributed by atoms with Crippen molar-refractivity contribution in [1.29, 1.82) is 0 Å². The van der Waals surface area contributed by atoms with E-state index in [0.717, 1.165) is 19.3 Å². The maximum atomic E-state index is 16.0. The molecule has 0 bridgehead atoms. The van der Waals surface area contributed by atoms with Crippen molar-refractivity contribution in [2.24, 2.45) is 0 Å². The van der Waals surface area contributed by atoms with Crippen molar-refractivity contribution in [3.05, 3.63) is 43.0 Å². The minimum atomic E-state index is -4.23. The van der Waals surface area contributed by atoms with Crippen molar-refractivity contribution in [1.82, 2.24) is 24.6 Å². The molecule has 5 rings (SSSR count). The molecule has 2 aliphatic rings. The molecule has 3 N–H and O–H groups in total. The number of ether oxygens (including phenoxy) is 2. The highest BCUT2D eigenvalue weighted by atomic mass is 31.2. The van der Waals surface area contributed by atoms with Gasteiger partial charge in [0.05, 0.1) is 20.0 Å². The second-order valence-electron chi connectivity index (χ2n) is 10.0. The van der Waals surface area contributed by atoms with E-state index in [-0.39, 0.29) is 5.75 Å². The summed E-state index contributed by atoms with van der Waals surface area (Å²) in [6.07, 6.45) is 1.67. The first-order chi connectivity index (χ1) is 19.1. The van der Waals surface area contributed by atoms with Crippen molar-refractivity contribution in [3.63, 3.8) is 0 Å². The van der Waals surface area contributed by atoms with Gasteiger partial charge in [0.2, 0.25) is 0 Å². The third-order valence-electron chi connectivity index (χ3n) is 7.06. The van der Waals surface area contributed by atoms with Gasteiger partial charge in [-0.15, -0.1) is 0 Å². The number of methoxy groups -OCH3 is 1. The number of hydrogen-bond donors (Lipinski definition) is 3. The molecule has 216 valence electrons. The average Bonchev–Trinajstić information content (AvgIpc) is 3.43. The summed E-state index contributed by atoms with van der Waals surface area (Å²) in [5.41, 5.74) is -1.53. The fraction of sp³-hybridized carbons (Fsp3) is 0.520. The topological polar surface area (TPSA) is 159 Å². The zero-order valence-corrected chi connectivity index (χ0v) is 23.2. The molecule has 3 heterocycles. The molecule has 1 aliphatic carbocycles. The number of hydrogen-bond acceptors (Lipinski definition) is 11. The second-order valence-corrected chi connectivity index (χ2v) is 11.7. The number of benzene rings is 1. The summed E-state index contributed by atoms with van der Waals surface area (Å²) in [6, 6.07) is 7.41. The molecule has 1 aliphatic heterocycles. The van der Waals surface area contributed by atoms with E-state index in [1.807, 2.05) is 0 Å². The molecule has 1 saturated carbocycles. The van der Waals surface area contributed by atoms with Crippen molar-refractivity contribution in [3.8, 4) is 5.75 Å². The minimum Gasteiger partial charge on any atom is -0.468 e. The van der Waals surface area contributed by atoms with Gasteiger partial charge in [0, 0.05) is 6.04 Å². The number of anilines is 1. The third kappa shape index (κ3) is 5.68. The van der Waals surface area contributed by atoms with Gasteiger partial charge in [-0.3, -0.25) is 13.9 Å². The first-order valence-corrected chi connectivity index (χ1v) is 14.5. The summed E-state index contributed by atoms with van der Waals surface area (Å²) in [7, 11) is -3.05. The van der Waals surface area contributed by atoms with Crippen LogP contribution in [0.2, 0.25) is 0 Å². The van der Waals surface area contributed by atoms with E-state index in [1.165, 1.54) is 38.2 Å². The number of aromatic nitrogens is 4. The molecular formula is C25H32FN6O7P. The SMILES string of the molecule is COC(=O)C(C)NP(=O)(OC[C@H]1O[C@@H](n2cnc3c(NC4CCC4)ncnc32)[C@](C)(F)[C@@H]1O)Oc1ccccc1. The first-order valence-electron chi connectivity index (χ1n) is 12.9. The van der Waals surface area contributed by atoms with Gasteiger partial charge in [0.25, 0.3) is 0 Å². The summed E-state index contributed by atoms with van der Waals surface area (Å²) < 4.78 is 52.8. The molecule has 0 radical (unpaired) electrons. The second kappa shape index (κ2) is 11.4. The Hall–Kier alpha value is -3.16. The number of carbonyl (C=O) groups excluding carboxylic acids is 1. The van der Waals surface area contributed by atoms with Crippen molar-refractivity contribution < 1.29 is 37.4 Å². The van der Waals surface area contributed by atoms with Gasteiger partial charge in [-0.2, -0.15) is 5.09 Å². The maximum absolute atomic E-state index is 16.0. The number of para-hydroxylation sites is 1. The highest BCUT2D eigenvalue weighted by molar-refractivity contribution is 7.52. The number of esters is 1. The van der Waals surface area contributed by atoms with E-state index >= 15 is 4.39 Å². The Morgan fingerprint density at radius 3 is 2.73 bits per heavy atom. The van der Waals surface area contributed by atoms with Crippen LogP contribution in [0.3, 0.4) is 0 Å². The Morgan fingerprint density at radius 1 is 1.30 bits per heavy atom. The van der Waals surface area contributed by atoms with Crippen molar-refractivity contribution in [2.75, 3.05) is 19.0 Å². The Balaban J connectivity index is 1.35. The number of fused-ring (bicyclic) bond motifs is 1. The minimum absolute atomic E-state index is 0.201. The van der Waals surface area contributed by atoms with Crippen LogP contribution in [0.1, 0.15) is 39.3 Å². The Labute approximate surface area is 230 Å². The molecule has 1 aromatic carbocycles. The van der Waals surface area contributed by atoms with Crippen LogP contribution in [0.25, 0.3) is 11.2 Å². The lowest BCUT2D eigenvalue weighted by atomic mass is 9.93. The van der Waals surface area contributed by atoms with E-state index in [0.29, 0.717) is 23.0 Å². The first kappa shape index (κ1) is 28.4. The van der Waals surface area contributed by atoms with Gasteiger partial charge in [0.15, 0.2) is 28.9 Å². The van der Waals surface area contributed by atoms with E-state index in [2.05, 4.69) is 30.1 Å². The fourth-order valence-corrected chi connectivity index (χ4v) is 6.08. The Bertz CT molecular complexity index is 1390. The molecule has 3 aromatic rings. The van der Waals surface area contributed by atoms with Crippen molar-refractivity contribution in [2.45, 2.75) is 69.3 Å². The lowest BCUT2D eigenvalue weighted by molar-refractivity contribution is -0.142. The number of aliphatic hydroxyl groups excluding tert-OH is 1. The normalized spacial score (nSPS) is 27.1. The largest absolute Gasteiger partial charge is 0.468 e. The smallest absolute Gasteiger partial charge is 0.459 e. The van der Waals surface area contributed by atoms with Crippen molar-refractivity contribution >= 4 is 30.7 Å². The summed E-state index contributed by atoms with van der Waals surface area (Å²) in [6.45, 7) is 2.09. The Kier molecular flexibility index (Phi) is 8.07. The van der Waals surface area contributed by atoms with E-state index < -0.39 is 50.5 Å². The predicted molar refractivity (Wildman–Crippen MR) is 141 cm³/mol. The molecule has 40 heavy (non-hydrogen) atoms. The number of alkyl halides is 1. The van der Waals surface area contributed by atoms with Gasteiger partial charge < -0.3 is 24.4 Å². The molecule has 2 unspecified atom stereocenters. The highest BCUT2D eigenvalue weighted by Crippen LogP contribution is 2.48. The number of halogens is 1. The van der Waals surface area contributed by atoms with Crippen LogP contribution in [-0.2, 0) is 23.4 Å². The number of imidazole rings is 1. The van der Waals surface area contributed by atoms with Crippen LogP contribution in [0.15, 0.2) is 43.0 Å². The number of aliphatic hydroxyl groups is 1. The van der Waals surface area contributed by atoms with Crippen LogP contribution in [0, 0.1) is 0 Å². The maximum Gasteiger partial charge on any atom is 0.459 e. The molecule has 0 spiro atoms. The molecule has 13 nitrogen and oxygen atoms in total. The summed E-state index contributed by atoms with van der Waals surface area (Å²) in [4.78, 5) is 24.9. The summed E-state index contributed by atoms with van der Waals surface area (Å²) >= 11 is 0. The molecule has 2 aromatic heterocycles. The fourth-order valence-electron chi connectivity index (χ4n) is 4.57. The average molecular weight is 579 g/mol. The lowest BCUT2D eigenvalue weighted by Crippen LogP contribution is -2.41. The molecule has 1 saturated heterocycles. The number of carbonyl (C=O) groups is 1. The third-order valence-corrected chi connectivity index (χ3v) is 8.70. The summed E-state index contributed by atoms with van der Waals surface area (Å²) in [5, 5.41) is 16.7. The van der Waals surface area contributed by atoms with Crippen LogP contribution in [0.4, 0.5) is 10.2 Å². The highest BCUT2D eigenvalue weighted by Gasteiger charge is 2.56. The number of rotatable bonds is 11. The van der Waals surface area contributed by atoms with Crippen LogP contribution < -0.4 is 14.9 Å². The molecule has 15 heteroatoms. The van der Waals surface area contributed by atoms with Gasteiger partial charge in [-0.25, -0.2) is 23.9 Å². The Morgan fingerprint density at radius 2 is 2.05 bits per heavy atom. The molecule has 6 atom stereocenters. The van der Waals surface area contributed by atoms with Crippen LogP contribution >= 0.6 is 7.75 Å². The zero-order valence-electron chi connectivity index (χ0n) is 22.3.